The number of hydrogen-bond donors (Lipinski definition) is 2. The molecule has 3 N–H and O–H groups in total. The van der Waals surface area contributed by atoms with Crippen LogP contribution >= 0.6 is 15.9 Å². The average Bonchev–Trinajstić information content (AvgIpc) is 2.31. The molecule has 0 aliphatic rings. The van der Waals surface area contributed by atoms with Crippen molar-refractivity contribution in [3.63, 3.8) is 0 Å². The first-order chi connectivity index (χ1) is 8.85. The van der Waals surface area contributed by atoms with Gasteiger partial charge in [-0.2, -0.15) is 0 Å². The molecule has 0 aliphatic heterocycles. The Bertz CT molecular complexity index is 462. The molecule has 1 aromatic carbocycles. The maximum Gasteiger partial charge on any atom is 0.320 e. The number of rotatable bonds is 6. The fourth-order valence-corrected chi connectivity index (χ4v) is 2.10. The molecular formula is C13H18BrNO4. The summed E-state index contributed by atoms with van der Waals surface area (Å²) in [5.74, 6) is 0.0440. The van der Waals surface area contributed by atoms with E-state index in [4.69, 9.17) is 20.3 Å². The number of benzene rings is 1. The molecule has 0 fully saturated rings. The molecule has 0 amide bonds. The van der Waals surface area contributed by atoms with Gasteiger partial charge < -0.3 is 20.3 Å². The Morgan fingerprint density at radius 1 is 1.47 bits per heavy atom. The topological polar surface area (TPSA) is 81.8 Å². The SMILES string of the molecule is COc1cc(Br)cc(CC(N)C(=O)O)c1OC(C)C. The minimum atomic E-state index is -1.05. The van der Waals surface area contributed by atoms with Gasteiger partial charge in [0.15, 0.2) is 11.5 Å². The summed E-state index contributed by atoms with van der Waals surface area (Å²) in [6, 6.07) is 2.59. The van der Waals surface area contributed by atoms with Crippen molar-refractivity contribution in [2.24, 2.45) is 5.73 Å². The summed E-state index contributed by atoms with van der Waals surface area (Å²) in [6.07, 6.45) is 0.127. The summed E-state index contributed by atoms with van der Waals surface area (Å²) in [4.78, 5) is 10.9. The molecule has 0 bridgehead atoms. The third-order valence-corrected chi connectivity index (χ3v) is 2.88. The van der Waals surface area contributed by atoms with Crippen molar-refractivity contribution in [1.29, 1.82) is 0 Å². The first-order valence-electron chi connectivity index (χ1n) is 5.86. The maximum atomic E-state index is 10.9. The summed E-state index contributed by atoms with van der Waals surface area (Å²) in [6.45, 7) is 3.78. The molecule has 1 aromatic rings. The van der Waals surface area contributed by atoms with Crippen LogP contribution in [0.3, 0.4) is 0 Å². The van der Waals surface area contributed by atoms with Crippen LogP contribution < -0.4 is 15.2 Å². The van der Waals surface area contributed by atoms with Crippen molar-refractivity contribution in [2.45, 2.75) is 32.4 Å². The molecule has 0 heterocycles. The lowest BCUT2D eigenvalue weighted by Gasteiger charge is -2.19. The van der Waals surface area contributed by atoms with E-state index in [1.165, 1.54) is 7.11 Å². The lowest BCUT2D eigenvalue weighted by molar-refractivity contribution is -0.138. The highest BCUT2D eigenvalue weighted by Crippen LogP contribution is 2.36. The number of carboxylic acids is 1. The van der Waals surface area contributed by atoms with Crippen LogP contribution in [-0.2, 0) is 11.2 Å². The highest BCUT2D eigenvalue weighted by molar-refractivity contribution is 9.10. The van der Waals surface area contributed by atoms with Crippen molar-refractivity contribution >= 4 is 21.9 Å². The van der Waals surface area contributed by atoms with E-state index < -0.39 is 12.0 Å². The molecule has 5 nitrogen and oxygen atoms in total. The molecular weight excluding hydrogens is 314 g/mol. The van der Waals surface area contributed by atoms with Crippen LogP contribution in [0.1, 0.15) is 19.4 Å². The van der Waals surface area contributed by atoms with Crippen molar-refractivity contribution in [2.75, 3.05) is 7.11 Å². The predicted octanol–water partition coefficient (Wildman–Crippen LogP) is 2.20. The fraction of sp³-hybridized carbons (Fsp3) is 0.462. The third kappa shape index (κ3) is 4.40. The maximum absolute atomic E-state index is 10.9. The Hall–Kier alpha value is -1.27. The van der Waals surface area contributed by atoms with Gasteiger partial charge in [-0.1, -0.05) is 15.9 Å². The second kappa shape index (κ2) is 6.77. The van der Waals surface area contributed by atoms with E-state index >= 15 is 0 Å². The Morgan fingerprint density at radius 3 is 2.58 bits per heavy atom. The lowest BCUT2D eigenvalue weighted by atomic mass is 10.0. The van der Waals surface area contributed by atoms with Gasteiger partial charge in [-0.25, -0.2) is 0 Å². The molecule has 0 aliphatic carbocycles. The molecule has 19 heavy (non-hydrogen) atoms. The Labute approximate surface area is 120 Å². The van der Waals surface area contributed by atoms with E-state index in [0.717, 1.165) is 4.47 Å². The number of hydrogen-bond acceptors (Lipinski definition) is 4. The van der Waals surface area contributed by atoms with Crippen LogP contribution in [0.15, 0.2) is 16.6 Å². The van der Waals surface area contributed by atoms with Gasteiger partial charge in [-0.05, 0) is 26.0 Å². The number of halogens is 1. The predicted molar refractivity (Wildman–Crippen MR) is 75.8 cm³/mol. The smallest absolute Gasteiger partial charge is 0.320 e. The van der Waals surface area contributed by atoms with E-state index in [-0.39, 0.29) is 12.5 Å². The minimum Gasteiger partial charge on any atom is -0.493 e. The first kappa shape index (κ1) is 15.8. The molecule has 0 radical (unpaired) electrons. The van der Waals surface area contributed by atoms with Crippen LogP contribution in [0, 0.1) is 0 Å². The third-order valence-electron chi connectivity index (χ3n) is 2.43. The Balaban J connectivity index is 3.18. The molecule has 1 atom stereocenters. The zero-order valence-corrected chi connectivity index (χ0v) is 12.7. The molecule has 0 aromatic heterocycles. The highest BCUT2D eigenvalue weighted by Gasteiger charge is 2.19. The highest BCUT2D eigenvalue weighted by atomic mass is 79.9. The van der Waals surface area contributed by atoms with Crippen LogP contribution in [0.4, 0.5) is 0 Å². The zero-order chi connectivity index (χ0) is 14.6. The summed E-state index contributed by atoms with van der Waals surface area (Å²) in [7, 11) is 1.54. The molecule has 0 saturated heterocycles. The van der Waals surface area contributed by atoms with Gasteiger partial charge in [0.1, 0.15) is 6.04 Å². The molecule has 0 spiro atoms. The van der Waals surface area contributed by atoms with Crippen molar-refractivity contribution in [3.05, 3.63) is 22.2 Å². The first-order valence-corrected chi connectivity index (χ1v) is 6.66. The quantitative estimate of drug-likeness (QED) is 0.835. The van der Waals surface area contributed by atoms with E-state index in [1.54, 1.807) is 12.1 Å². The van der Waals surface area contributed by atoms with Crippen LogP contribution in [0.5, 0.6) is 11.5 Å². The van der Waals surface area contributed by atoms with Gasteiger partial charge in [0.2, 0.25) is 0 Å². The van der Waals surface area contributed by atoms with E-state index in [1.807, 2.05) is 13.8 Å². The number of methoxy groups -OCH3 is 1. The van der Waals surface area contributed by atoms with Gasteiger partial charge in [0, 0.05) is 16.5 Å². The molecule has 1 unspecified atom stereocenters. The van der Waals surface area contributed by atoms with Gasteiger partial charge in [0.25, 0.3) is 0 Å². The molecule has 0 saturated carbocycles. The van der Waals surface area contributed by atoms with E-state index in [0.29, 0.717) is 17.1 Å². The number of carboxylic acid groups (broad SMARTS) is 1. The zero-order valence-electron chi connectivity index (χ0n) is 11.1. The number of nitrogens with two attached hydrogens (primary N) is 1. The van der Waals surface area contributed by atoms with Crippen LogP contribution in [-0.4, -0.2) is 30.3 Å². The number of carbonyl (C=O) groups is 1. The number of aliphatic carboxylic acids is 1. The second-order valence-corrected chi connectivity index (χ2v) is 5.33. The second-order valence-electron chi connectivity index (χ2n) is 4.41. The summed E-state index contributed by atoms with van der Waals surface area (Å²) in [5, 5.41) is 8.90. The van der Waals surface area contributed by atoms with E-state index in [9.17, 15) is 4.79 Å². The lowest BCUT2D eigenvalue weighted by Crippen LogP contribution is -2.32. The normalized spacial score (nSPS) is 12.3. The molecule has 106 valence electrons. The van der Waals surface area contributed by atoms with Crippen LogP contribution in [0.2, 0.25) is 0 Å². The van der Waals surface area contributed by atoms with Crippen LogP contribution in [0.25, 0.3) is 0 Å². The van der Waals surface area contributed by atoms with Gasteiger partial charge in [0.05, 0.1) is 13.2 Å². The van der Waals surface area contributed by atoms with Crippen molar-refractivity contribution in [1.82, 2.24) is 0 Å². The summed E-state index contributed by atoms with van der Waals surface area (Å²) < 4.78 is 11.8. The van der Waals surface area contributed by atoms with Crippen molar-refractivity contribution in [3.8, 4) is 11.5 Å². The summed E-state index contributed by atoms with van der Waals surface area (Å²) >= 11 is 3.36. The largest absolute Gasteiger partial charge is 0.493 e. The number of ether oxygens (including phenoxy) is 2. The fourth-order valence-electron chi connectivity index (χ4n) is 1.62. The monoisotopic (exact) mass is 331 g/mol. The molecule has 6 heteroatoms. The van der Waals surface area contributed by atoms with E-state index in [2.05, 4.69) is 15.9 Å². The average molecular weight is 332 g/mol. The Morgan fingerprint density at radius 2 is 2.11 bits per heavy atom. The standard InChI is InChI=1S/C13H18BrNO4/c1-7(2)19-12-8(5-10(15)13(16)17)4-9(14)6-11(12)18-3/h4,6-7,10H,5,15H2,1-3H3,(H,16,17). The van der Waals surface area contributed by atoms with Gasteiger partial charge in [-0.3, -0.25) is 4.79 Å². The molecule has 1 rings (SSSR count). The summed E-state index contributed by atoms with van der Waals surface area (Å²) in [5.41, 5.74) is 6.28. The minimum absolute atomic E-state index is 0.0464. The van der Waals surface area contributed by atoms with Crippen molar-refractivity contribution < 1.29 is 19.4 Å². The van der Waals surface area contributed by atoms with Gasteiger partial charge in [-0.15, -0.1) is 0 Å². The Kier molecular flexibility index (Phi) is 5.62. The van der Waals surface area contributed by atoms with Gasteiger partial charge >= 0.3 is 5.97 Å².